The van der Waals surface area contributed by atoms with Gasteiger partial charge in [-0.15, -0.1) is 12.4 Å². The Kier molecular flexibility index (Phi) is 10.2. The predicted octanol–water partition coefficient (Wildman–Crippen LogP) is 4.29. The minimum Gasteiger partial charge on any atom is -0.389 e. The number of benzene rings is 1. The van der Waals surface area contributed by atoms with Crippen LogP contribution in [0.15, 0.2) is 24.3 Å². The molecule has 3 nitrogen and oxygen atoms in total. The van der Waals surface area contributed by atoms with E-state index in [1.807, 2.05) is 24.3 Å². The highest BCUT2D eigenvalue weighted by Crippen LogP contribution is 2.22. The highest BCUT2D eigenvalue weighted by atomic mass is 35.5. The molecule has 0 saturated heterocycles. The van der Waals surface area contributed by atoms with Gasteiger partial charge in [0.25, 0.3) is 0 Å². The molecule has 1 aromatic rings. The molecular weight excluding hydrogens is 333 g/mol. The maximum Gasteiger partial charge on any atom is 0.0900 e. The lowest BCUT2D eigenvalue weighted by molar-refractivity contribution is 0.0000486. The molecule has 0 heterocycles. The molecule has 2 rings (SSSR count). The van der Waals surface area contributed by atoms with E-state index in [-0.39, 0.29) is 12.4 Å². The Balaban J connectivity index is 0.00000264. The van der Waals surface area contributed by atoms with Gasteiger partial charge in [-0.05, 0) is 37.1 Å². The molecule has 1 aliphatic carbocycles. The van der Waals surface area contributed by atoms with Crippen LogP contribution in [-0.2, 0) is 11.3 Å². The van der Waals surface area contributed by atoms with Crippen molar-refractivity contribution in [2.24, 2.45) is 0 Å². The van der Waals surface area contributed by atoms with Gasteiger partial charge in [0.2, 0.25) is 0 Å². The Hall–Kier alpha value is -0.320. The van der Waals surface area contributed by atoms with Crippen molar-refractivity contribution in [2.45, 2.75) is 57.8 Å². The Labute approximate surface area is 151 Å². The molecule has 1 fully saturated rings. The first-order chi connectivity index (χ1) is 10.7. The summed E-state index contributed by atoms with van der Waals surface area (Å²) in [6.45, 7) is 4.78. The zero-order valence-corrected chi connectivity index (χ0v) is 15.5. The van der Waals surface area contributed by atoms with Crippen LogP contribution in [0.2, 0.25) is 5.02 Å². The van der Waals surface area contributed by atoms with E-state index in [1.54, 1.807) is 0 Å². The summed E-state index contributed by atoms with van der Waals surface area (Å²) in [5.74, 6) is 0. The van der Waals surface area contributed by atoms with E-state index in [1.165, 1.54) is 32.1 Å². The van der Waals surface area contributed by atoms with Crippen molar-refractivity contribution in [1.29, 1.82) is 0 Å². The van der Waals surface area contributed by atoms with Crippen LogP contribution in [0.5, 0.6) is 0 Å². The van der Waals surface area contributed by atoms with Crippen molar-refractivity contribution >= 4 is 24.0 Å². The smallest absolute Gasteiger partial charge is 0.0900 e. The maximum atomic E-state index is 10.2. The van der Waals surface area contributed by atoms with Gasteiger partial charge in [0, 0.05) is 17.6 Å². The number of halogens is 2. The van der Waals surface area contributed by atoms with Gasteiger partial charge in [0.1, 0.15) is 0 Å². The van der Waals surface area contributed by atoms with Crippen LogP contribution in [0.3, 0.4) is 0 Å². The van der Waals surface area contributed by atoms with Gasteiger partial charge in [-0.25, -0.2) is 0 Å². The zero-order chi connectivity index (χ0) is 15.8. The Morgan fingerprint density at radius 2 is 1.87 bits per heavy atom. The van der Waals surface area contributed by atoms with Gasteiger partial charge in [-0.3, -0.25) is 4.90 Å². The fourth-order valence-corrected chi connectivity index (χ4v) is 3.33. The number of aliphatic hydroxyl groups is 1. The fourth-order valence-electron chi connectivity index (χ4n) is 3.20. The topological polar surface area (TPSA) is 32.7 Å². The quantitative estimate of drug-likeness (QED) is 0.749. The average molecular weight is 362 g/mol. The zero-order valence-electron chi connectivity index (χ0n) is 13.9. The number of aliphatic hydroxyl groups excluding tert-OH is 1. The van der Waals surface area contributed by atoms with Crippen molar-refractivity contribution in [2.75, 3.05) is 19.7 Å². The summed E-state index contributed by atoms with van der Waals surface area (Å²) in [5, 5.41) is 10.9. The third kappa shape index (κ3) is 7.40. The Morgan fingerprint density at radius 3 is 2.48 bits per heavy atom. The van der Waals surface area contributed by atoms with E-state index < -0.39 is 6.10 Å². The minimum atomic E-state index is -0.422. The molecule has 5 heteroatoms. The SMILES string of the molecule is CCN(CC(O)COCc1ccc(Cl)cc1)C1CCCCC1.Cl. The van der Waals surface area contributed by atoms with Crippen LogP contribution >= 0.6 is 24.0 Å². The third-order valence-corrected chi connectivity index (χ3v) is 4.69. The monoisotopic (exact) mass is 361 g/mol. The summed E-state index contributed by atoms with van der Waals surface area (Å²) >= 11 is 5.86. The van der Waals surface area contributed by atoms with Gasteiger partial charge in [0.05, 0.1) is 19.3 Å². The van der Waals surface area contributed by atoms with E-state index in [9.17, 15) is 5.11 Å². The van der Waals surface area contributed by atoms with Crippen LogP contribution in [-0.4, -0.2) is 41.8 Å². The maximum absolute atomic E-state index is 10.2. The lowest BCUT2D eigenvalue weighted by Crippen LogP contribution is -2.42. The van der Waals surface area contributed by atoms with Crippen LogP contribution in [0, 0.1) is 0 Å². The molecule has 1 N–H and O–H groups in total. The second kappa shape index (κ2) is 11.3. The number of rotatable bonds is 8. The summed E-state index contributed by atoms with van der Waals surface area (Å²) in [4.78, 5) is 2.41. The van der Waals surface area contributed by atoms with Gasteiger partial charge >= 0.3 is 0 Å². The first kappa shape index (κ1) is 20.7. The summed E-state index contributed by atoms with van der Waals surface area (Å²) in [6.07, 6.45) is 6.13. The average Bonchev–Trinajstić information content (AvgIpc) is 2.55. The van der Waals surface area contributed by atoms with Crippen molar-refractivity contribution in [1.82, 2.24) is 4.90 Å². The molecule has 0 aliphatic heterocycles. The Morgan fingerprint density at radius 1 is 1.22 bits per heavy atom. The van der Waals surface area contributed by atoms with E-state index in [2.05, 4.69) is 11.8 Å². The van der Waals surface area contributed by atoms with Crippen LogP contribution in [0.1, 0.15) is 44.6 Å². The lowest BCUT2D eigenvalue weighted by atomic mass is 9.94. The molecule has 0 radical (unpaired) electrons. The fraction of sp³-hybridized carbons (Fsp3) is 0.667. The molecule has 1 aliphatic rings. The van der Waals surface area contributed by atoms with Crippen molar-refractivity contribution in [3.63, 3.8) is 0 Å². The van der Waals surface area contributed by atoms with E-state index in [0.29, 0.717) is 25.8 Å². The van der Waals surface area contributed by atoms with Gasteiger partial charge in [-0.1, -0.05) is 49.9 Å². The predicted molar refractivity (Wildman–Crippen MR) is 98.5 cm³/mol. The van der Waals surface area contributed by atoms with Gasteiger partial charge < -0.3 is 9.84 Å². The molecule has 0 amide bonds. The number of nitrogens with zero attached hydrogens (tertiary/aromatic N) is 1. The number of hydrogen-bond donors (Lipinski definition) is 1. The van der Waals surface area contributed by atoms with Crippen molar-refractivity contribution in [3.8, 4) is 0 Å². The van der Waals surface area contributed by atoms with Crippen molar-refractivity contribution < 1.29 is 9.84 Å². The normalized spacial score (nSPS) is 17.0. The number of ether oxygens (including phenoxy) is 1. The van der Waals surface area contributed by atoms with E-state index in [4.69, 9.17) is 16.3 Å². The highest BCUT2D eigenvalue weighted by molar-refractivity contribution is 6.30. The van der Waals surface area contributed by atoms with Crippen LogP contribution < -0.4 is 0 Å². The molecule has 132 valence electrons. The molecule has 0 spiro atoms. The van der Waals surface area contributed by atoms with Gasteiger partial charge in [0.15, 0.2) is 0 Å². The molecule has 1 unspecified atom stereocenters. The molecule has 0 bridgehead atoms. The second-order valence-electron chi connectivity index (χ2n) is 6.17. The summed E-state index contributed by atoms with van der Waals surface area (Å²) in [6, 6.07) is 8.27. The van der Waals surface area contributed by atoms with E-state index >= 15 is 0 Å². The molecule has 1 atom stereocenters. The van der Waals surface area contributed by atoms with Crippen molar-refractivity contribution in [3.05, 3.63) is 34.9 Å². The first-order valence-electron chi connectivity index (χ1n) is 8.43. The summed E-state index contributed by atoms with van der Waals surface area (Å²) in [7, 11) is 0. The molecule has 1 saturated carbocycles. The largest absolute Gasteiger partial charge is 0.389 e. The Bertz CT molecular complexity index is 422. The van der Waals surface area contributed by atoms with Crippen LogP contribution in [0.25, 0.3) is 0 Å². The highest BCUT2D eigenvalue weighted by Gasteiger charge is 2.21. The molecule has 23 heavy (non-hydrogen) atoms. The summed E-state index contributed by atoms with van der Waals surface area (Å²) < 4.78 is 5.63. The number of hydrogen-bond acceptors (Lipinski definition) is 3. The lowest BCUT2D eigenvalue weighted by Gasteiger charge is -2.34. The van der Waals surface area contributed by atoms with Gasteiger partial charge in [-0.2, -0.15) is 0 Å². The first-order valence-corrected chi connectivity index (χ1v) is 8.81. The molecular formula is C18H29Cl2NO2. The molecule has 0 aromatic heterocycles. The number of likely N-dealkylation sites (N-methyl/N-ethyl adjacent to an activating group) is 1. The minimum absolute atomic E-state index is 0. The van der Waals surface area contributed by atoms with E-state index in [0.717, 1.165) is 17.1 Å². The molecule has 1 aromatic carbocycles. The second-order valence-corrected chi connectivity index (χ2v) is 6.61. The summed E-state index contributed by atoms with van der Waals surface area (Å²) in [5.41, 5.74) is 1.08. The third-order valence-electron chi connectivity index (χ3n) is 4.43. The van der Waals surface area contributed by atoms with Crippen LogP contribution in [0.4, 0.5) is 0 Å². The standard InChI is InChI=1S/C18H28ClNO2.ClH/c1-2-20(17-6-4-3-5-7-17)12-18(21)14-22-13-15-8-10-16(19)11-9-15;/h8-11,17-18,21H,2-7,12-14H2,1H3;1H.